The molecule has 2 aromatic rings. The molecule has 8 nitrogen and oxygen atoms in total. The van der Waals surface area contributed by atoms with E-state index in [1.165, 1.54) is 0 Å². The van der Waals surface area contributed by atoms with Crippen molar-refractivity contribution in [2.45, 2.75) is 6.92 Å². The maximum atomic E-state index is 11.6. The highest BCUT2D eigenvalue weighted by Gasteiger charge is 2.23. The zero-order valence-corrected chi connectivity index (χ0v) is 11.2. The first-order chi connectivity index (χ1) is 9.78. The summed E-state index contributed by atoms with van der Waals surface area (Å²) in [6, 6.07) is 0. The molecule has 1 amide bonds. The minimum atomic E-state index is -0.253. The third-order valence-corrected chi connectivity index (χ3v) is 3.27. The van der Waals surface area contributed by atoms with E-state index < -0.39 is 0 Å². The molecule has 0 unspecified atom stereocenters. The number of nitrogens with one attached hydrogen (secondary N) is 1. The van der Waals surface area contributed by atoms with Gasteiger partial charge in [-0.05, 0) is 6.92 Å². The molecule has 3 rings (SSSR count). The standard InChI is InChI=1S/C12H16N6O2/c1-2-20-12(19)18-5-3-17(4-6-18)11-13-7-9-8-14-16-10(9)15-11/h7-8H,2-6H2,1H3,(H,13,14,15,16). The highest BCUT2D eigenvalue weighted by Crippen LogP contribution is 2.14. The van der Waals surface area contributed by atoms with Crippen LogP contribution >= 0.6 is 0 Å². The summed E-state index contributed by atoms with van der Waals surface area (Å²) in [5.74, 6) is 0.658. The van der Waals surface area contributed by atoms with Gasteiger partial charge in [0.25, 0.3) is 0 Å². The summed E-state index contributed by atoms with van der Waals surface area (Å²) in [6.45, 7) is 4.82. The number of hydrogen-bond acceptors (Lipinski definition) is 6. The van der Waals surface area contributed by atoms with Gasteiger partial charge < -0.3 is 14.5 Å². The second-order valence-corrected chi connectivity index (χ2v) is 4.52. The van der Waals surface area contributed by atoms with E-state index in [1.807, 2.05) is 6.92 Å². The molecule has 1 aliphatic rings. The Kier molecular flexibility index (Phi) is 3.36. The molecule has 8 heteroatoms. The van der Waals surface area contributed by atoms with Crippen LogP contribution in [0.1, 0.15) is 6.92 Å². The van der Waals surface area contributed by atoms with E-state index in [2.05, 4.69) is 25.1 Å². The Bertz CT molecular complexity index is 605. The maximum absolute atomic E-state index is 11.6. The van der Waals surface area contributed by atoms with Gasteiger partial charge >= 0.3 is 6.09 Å². The zero-order chi connectivity index (χ0) is 13.9. The molecule has 1 aliphatic heterocycles. The Balaban J connectivity index is 1.66. The number of amides is 1. The first kappa shape index (κ1) is 12.6. The molecule has 0 atom stereocenters. The number of fused-ring (bicyclic) bond motifs is 1. The van der Waals surface area contributed by atoms with Crippen LogP contribution in [0.4, 0.5) is 10.7 Å². The van der Waals surface area contributed by atoms with Gasteiger partial charge in [0.05, 0.1) is 18.2 Å². The number of hydrogen-bond donors (Lipinski definition) is 1. The molecule has 0 aromatic carbocycles. The predicted octanol–water partition coefficient (Wildman–Crippen LogP) is 0.631. The average Bonchev–Trinajstić information content (AvgIpc) is 2.95. The fourth-order valence-corrected chi connectivity index (χ4v) is 2.18. The molecule has 106 valence electrons. The quantitative estimate of drug-likeness (QED) is 0.865. The number of carbonyl (C=O) groups is 1. The van der Waals surface area contributed by atoms with Gasteiger partial charge in [-0.3, -0.25) is 5.10 Å². The number of aromatic amines is 1. The van der Waals surface area contributed by atoms with Crippen molar-refractivity contribution in [2.75, 3.05) is 37.7 Å². The number of anilines is 1. The van der Waals surface area contributed by atoms with Crippen LogP contribution in [0, 0.1) is 0 Å². The van der Waals surface area contributed by atoms with E-state index in [0.29, 0.717) is 38.7 Å². The van der Waals surface area contributed by atoms with Crippen LogP contribution in [0.15, 0.2) is 12.4 Å². The fourth-order valence-electron chi connectivity index (χ4n) is 2.18. The molecule has 1 saturated heterocycles. The molecule has 0 saturated carbocycles. The smallest absolute Gasteiger partial charge is 0.409 e. The molecule has 2 aromatic heterocycles. The normalized spacial score (nSPS) is 15.7. The third-order valence-electron chi connectivity index (χ3n) is 3.27. The van der Waals surface area contributed by atoms with Crippen LogP contribution in [0.5, 0.6) is 0 Å². The van der Waals surface area contributed by atoms with E-state index in [-0.39, 0.29) is 6.09 Å². The molecule has 0 aliphatic carbocycles. The molecule has 0 radical (unpaired) electrons. The van der Waals surface area contributed by atoms with Crippen molar-refractivity contribution >= 4 is 23.1 Å². The van der Waals surface area contributed by atoms with E-state index in [0.717, 1.165) is 11.0 Å². The highest BCUT2D eigenvalue weighted by atomic mass is 16.6. The lowest BCUT2D eigenvalue weighted by molar-refractivity contribution is 0.105. The van der Waals surface area contributed by atoms with Crippen molar-refractivity contribution < 1.29 is 9.53 Å². The third kappa shape index (κ3) is 2.36. The highest BCUT2D eigenvalue weighted by molar-refractivity contribution is 5.73. The maximum Gasteiger partial charge on any atom is 0.409 e. The Morgan fingerprint density at radius 1 is 1.35 bits per heavy atom. The van der Waals surface area contributed by atoms with Crippen LogP contribution in [0.25, 0.3) is 11.0 Å². The van der Waals surface area contributed by atoms with Crippen LogP contribution in [-0.2, 0) is 4.74 Å². The lowest BCUT2D eigenvalue weighted by Gasteiger charge is -2.33. The number of H-pyrrole nitrogens is 1. The van der Waals surface area contributed by atoms with Gasteiger partial charge in [0.15, 0.2) is 5.65 Å². The van der Waals surface area contributed by atoms with Gasteiger partial charge in [-0.1, -0.05) is 0 Å². The Morgan fingerprint density at radius 3 is 2.90 bits per heavy atom. The summed E-state index contributed by atoms with van der Waals surface area (Å²) in [5, 5.41) is 7.65. The minimum absolute atomic E-state index is 0.253. The minimum Gasteiger partial charge on any atom is -0.450 e. The summed E-state index contributed by atoms with van der Waals surface area (Å²) in [6.07, 6.45) is 3.19. The summed E-state index contributed by atoms with van der Waals surface area (Å²) in [5.41, 5.74) is 0.725. The lowest BCUT2D eigenvalue weighted by Crippen LogP contribution is -2.49. The van der Waals surface area contributed by atoms with E-state index >= 15 is 0 Å². The topological polar surface area (TPSA) is 87.2 Å². The Hall–Kier alpha value is -2.38. The van der Waals surface area contributed by atoms with E-state index in [4.69, 9.17) is 4.74 Å². The second-order valence-electron chi connectivity index (χ2n) is 4.52. The van der Waals surface area contributed by atoms with Crippen LogP contribution < -0.4 is 4.90 Å². The first-order valence-electron chi connectivity index (χ1n) is 6.60. The number of nitrogens with zero attached hydrogens (tertiary/aromatic N) is 5. The molecular weight excluding hydrogens is 260 g/mol. The molecule has 1 fully saturated rings. The Morgan fingerprint density at radius 2 is 2.15 bits per heavy atom. The summed E-state index contributed by atoms with van der Waals surface area (Å²) in [4.78, 5) is 24.1. The zero-order valence-electron chi connectivity index (χ0n) is 11.2. The number of piperazine rings is 1. The van der Waals surface area contributed by atoms with Gasteiger partial charge in [0, 0.05) is 32.4 Å². The molecule has 0 spiro atoms. The van der Waals surface area contributed by atoms with E-state index in [1.54, 1.807) is 17.3 Å². The van der Waals surface area contributed by atoms with Crippen molar-refractivity contribution in [3.05, 3.63) is 12.4 Å². The summed E-state index contributed by atoms with van der Waals surface area (Å²) in [7, 11) is 0. The predicted molar refractivity (Wildman–Crippen MR) is 72.5 cm³/mol. The molecule has 20 heavy (non-hydrogen) atoms. The molecule has 3 heterocycles. The van der Waals surface area contributed by atoms with Gasteiger partial charge in [0.2, 0.25) is 5.95 Å². The number of aromatic nitrogens is 4. The molecular formula is C12H16N6O2. The van der Waals surface area contributed by atoms with Crippen molar-refractivity contribution in [3.8, 4) is 0 Å². The fraction of sp³-hybridized carbons (Fsp3) is 0.500. The lowest BCUT2D eigenvalue weighted by atomic mass is 10.3. The monoisotopic (exact) mass is 276 g/mol. The van der Waals surface area contributed by atoms with Gasteiger partial charge in [-0.25, -0.2) is 9.78 Å². The molecule has 0 bridgehead atoms. The number of ether oxygens (including phenoxy) is 1. The summed E-state index contributed by atoms with van der Waals surface area (Å²) >= 11 is 0. The Labute approximate surface area is 115 Å². The first-order valence-corrected chi connectivity index (χ1v) is 6.60. The largest absolute Gasteiger partial charge is 0.450 e. The van der Waals surface area contributed by atoms with Crippen molar-refractivity contribution in [1.29, 1.82) is 0 Å². The van der Waals surface area contributed by atoms with Crippen LogP contribution in [-0.4, -0.2) is 63.9 Å². The van der Waals surface area contributed by atoms with Gasteiger partial charge in [-0.2, -0.15) is 10.1 Å². The second kappa shape index (κ2) is 5.32. The van der Waals surface area contributed by atoms with Crippen LogP contribution in [0.2, 0.25) is 0 Å². The summed E-state index contributed by atoms with van der Waals surface area (Å²) < 4.78 is 4.99. The van der Waals surface area contributed by atoms with Gasteiger partial charge in [-0.15, -0.1) is 0 Å². The number of carbonyl (C=O) groups excluding carboxylic acids is 1. The van der Waals surface area contributed by atoms with Crippen molar-refractivity contribution in [2.24, 2.45) is 0 Å². The van der Waals surface area contributed by atoms with Crippen LogP contribution in [0.3, 0.4) is 0 Å². The number of rotatable bonds is 2. The average molecular weight is 276 g/mol. The van der Waals surface area contributed by atoms with Gasteiger partial charge in [0.1, 0.15) is 0 Å². The SMILES string of the molecule is CCOC(=O)N1CCN(c2ncc3cn[nH]c3n2)CC1. The van der Waals surface area contributed by atoms with E-state index in [9.17, 15) is 4.79 Å². The van der Waals surface area contributed by atoms with Crippen molar-refractivity contribution in [3.63, 3.8) is 0 Å². The van der Waals surface area contributed by atoms with Crippen molar-refractivity contribution in [1.82, 2.24) is 25.1 Å². The molecule has 1 N–H and O–H groups in total.